The second-order valence-corrected chi connectivity index (χ2v) is 5.66. The topological polar surface area (TPSA) is 57.8 Å². The summed E-state index contributed by atoms with van der Waals surface area (Å²) >= 11 is 1.42. The van der Waals surface area contributed by atoms with Gasteiger partial charge in [-0.25, -0.2) is 4.98 Å². The van der Waals surface area contributed by atoms with Gasteiger partial charge in [0.25, 0.3) is 5.56 Å². The number of fused-ring (bicyclic) bond motifs is 1. The molecule has 0 saturated carbocycles. The molecule has 0 unspecified atom stereocenters. The molecule has 0 bridgehead atoms. The number of aromatic nitrogens is 2. The third kappa shape index (κ3) is 2.79. The van der Waals surface area contributed by atoms with E-state index in [-0.39, 0.29) is 5.56 Å². The maximum Gasteiger partial charge on any atom is 0.268 e. The highest BCUT2D eigenvalue weighted by Gasteiger charge is 2.04. The normalized spacial score (nSPS) is 11.1. The molecule has 4 nitrogen and oxygen atoms in total. The fraction of sp³-hybridized carbons (Fsp3) is 0.200. The van der Waals surface area contributed by atoms with Gasteiger partial charge in [0.15, 0.2) is 0 Å². The number of hydrogen-bond acceptors (Lipinski definition) is 4. The zero-order chi connectivity index (χ0) is 13.9. The first-order chi connectivity index (χ1) is 9.72. The number of hydrogen-bond donors (Lipinski definition) is 2. The van der Waals surface area contributed by atoms with Crippen LogP contribution < -0.4 is 10.9 Å². The molecule has 2 aromatic heterocycles. The molecule has 3 aromatic rings. The smallest absolute Gasteiger partial charge is 0.268 e. The first-order valence-corrected chi connectivity index (χ1v) is 7.33. The monoisotopic (exact) mass is 285 g/mol. The third-order valence-electron chi connectivity index (χ3n) is 3.07. The number of aryl methyl sites for hydroxylation is 1. The Morgan fingerprint density at radius 3 is 3.05 bits per heavy atom. The zero-order valence-electron chi connectivity index (χ0n) is 11.1. The zero-order valence-corrected chi connectivity index (χ0v) is 12.0. The van der Waals surface area contributed by atoms with E-state index in [1.807, 2.05) is 17.5 Å². The van der Waals surface area contributed by atoms with Crippen molar-refractivity contribution in [2.45, 2.75) is 20.0 Å². The molecule has 2 heterocycles. The van der Waals surface area contributed by atoms with Crippen LogP contribution in [0.3, 0.4) is 0 Å². The molecule has 0 atom stereocenters. The maximum absolute atomic E-state index is 11.8. The lowest BCUT2D eigenvalue weighted by Crippen LogP contribution is -2.18. The van der Waals surface area contributed by atoms with Crippen molar-refractivity contribution in [3.63, 3.8) is 0 Å². The predicted molar refractivity (Wildman–Crippen MR) is 82.0 cm³/mol. The van der Waals surface area contributed by atoms with Crippen molar-refractivity contribution in [3.05, 3.63) is 63.0 Å². The summed E-state index contributed by atoms with van der Waals surface area (Å²) in [5.41, 5.74) is 3.18. The first kappa shape index (κ1) is 13.0. The van der Waals surface area contributed by atoms with Crippen molar-refractivity contribution in [2.75, 3.05) is 0 Å². The van der Waals surface area contributed by atoms with E-state index in [0.717, 1.165) is 12.1 Å². The Labute approximate surface area is 120 Å². The van der Waals surface area contributed by atoms with Crippen LogP contribution in [0.2, 0.25) is 0 Å². The molecule has 0 aliphatic heterocycles. The van der Waals surface area contributed by atoms with Crippen LogP contribution >= 0.6 is 11.3 Å². The van der Waals surface area contributed by atoms with Crippen LogP contribution in [0.15, 0.2) is 40.5 Å². The third-order valence-corrected chi connectivity index (χ3v) is 3.97. The van der Waals surface area contributed by atoms with Crippen LogP contribution in [0.5, 0.6) is 0 Å². The summed E-state index contributed by atoms with van der Waals surface area (Å²) in [6.07, 6.45) is 0. The molecule has 0 amide bonds. The summed E-state index contributed by atoms with van der Waals surface area (Å²) in [5.74, 6) is 0.675. The van der Waals surface area contributed by atoms with Gasteiger partial charge in [-0.3, -0.25) is 4.79 Å². The van der Waals surface area contributed by atoms with E-state index in [4.69, 9.17) is 0 Å². The van der Waals surface area contributed by atoms with Crippen molar-refractivity contribution in [3.8, 4) is 0 Å². The number of aromatic amines is 1. The minimum absolute atomic E-state index is 0.0580. The van der Waals surface area contributed by atoms with E-state index in [2.05, 4.69) is 40.4 Å². The molecule has 0 fully saturated rings. The summed E-state index contributed by atoms with van der Waals surface area (Å²) < 4.78 is 0.687. The van der Waals surface area contributed by atoms with Gasteiger partial charge in [0.05, 0.1) is 12.1 Å². The molecule has 102 valence electrons. The van der Waals surface area contributed by atoms with E-state index in [1.165, 1.54) is 22.5 Å². The Balaban J connectivity index is 1.69. The minimum Gasteiger partial charge on any atom is -0.308 e. The van der Waals surface area contributed by atoms with Crippen LogP contribution in [0.4, 0.5) is 0 Å². The molecule has 3 rings (SSSR count). The SMILES string of the molecule is Cc1cccc(CNCc2nc3ccsc3c(=O)[nH]2)c1. The van der Waals surface area contributed by atoms with Gasteiger partial charge in [0.2, 0.25) is 0 Å². The second-order valence-electron chi connectivity index (χ2n) is 4.74. The predicted octanol–water partition coefficient (Wildman–Crippen LogP) is 2.58. The number of thiophene rings is 1. The molecule has 0 radical (unpaired) electrons. The molecular formula is C15H15N3OS. The summed E-state index contributed by atoms with van der Waals surface area (Å²) in [6.45, 7) is 3.38. The van der Waals surface area contributed by atoms with Crippen molar-refractivity contribution in [1.82, 2.24) is 15.3 Å². The number of nitrogens with one attached hydrogen (secondary N) is 2. The molecule has 0 saturated heterocycles. The van der Waals surface area contributed by atoms with Crippen LogP contribution in [0.25, 0.3) is 10.2 Å². The van der Waals surface area contributed by atoms with Gasteiger partial charge in [-0.2, -0.15) is 0 Å². The molecule has 0 spiro atoms. The van der Waals surface area contributed by atoms with Crippen molar-refractivity contribution < 1.29 is 0 Å². The van der Waals surface area contributed by atoms with Gasteiger partial charge in [-0.15, -0.1) is 11.3 Å². The van der Waals surface area contributed by atoms with Crippen molar-refractivity contribution in [2.24, 2.45) is 0 Å². The average Bonchev–Trinajstić information content (AvgIpc) is 2.88. The number of benzene rings is 1. The van der Waals surface area contributed by atoms with E-state index >= 15 is 0 Å². The first-order valence-electron chi connectivity index (χ1n) is 6.45. The Bertz CT molecular complexity index is 791. The summed E-state index contributed by atoms with van der Waals surface area (Å²) in [5, 5.41) is 5.19. The molecule has 1 aromatic carbocycles. The van der Waals surface area contributed by atoms with Gasteiger partial charge in [0, 0.05) is 6.54 Å². The molecular weight excluding hydrogens is 270 g/mol. The van der Waals surface area contributed by atoms with Crippen molar-refractivity contribution >= 4 is 21.6 Å². The van der Waals surface area contributed by atoms with Gasteiger partial charge in [-0.05, 0) is 23.9 Å². The quantitative estimate of drug-likeness (QED) is 0.774. The minimum atomic E-state index is -0.0580. The van der Waals surface area contributed by atoms with Crippen molar-refractivity contribution in [1.29, 1.82) is 0 Å². The van der Waals surface area contributed by atoms with E-state index in [1.54, 1.807) is 0 Å². The number of H-pyrrole nitrogens is 1. The van der Waals surface area contributed by atoms with E-state index in [0.29, 0.717) is 17.1 Å². The summed E-state index contributed by atoms with van der Waals surface area (Å²) in [6, 6.07) is 10.2. The molecule has 2 N–H and O–H groups in total. The standard InChI is InChI=1S/C15H15N3OS/c1-10-3-2-4-11(7-10)8-16-9-13-17-12-5-6-20-14(12)15(19)18-13/h2-7,16H,8-9H2,1H3,(H,17,18,19). The van der Waals surface area contributed by atoms with E-state index < -0.39 is 0 Å². The summed E-state index contributed by atoms with van der Waals surface area (Å²) in [7, 11) is 0. The average molecular weight is 285 g/mol. The lowest BCUT2D eigenvalue weighted by molar-refractivity contribution is 0.663. The molecule has 5 heteroatoms. The fourth-order valence-corrected chi connectivity index (χ4v) is 2.88. The van der Waals surface area contributed by atoms with Crippen LogP contribution in [-0.4, -0.2) is 9.97 Å². The molecule has 20 heavy (non-hydrogen) atoms. The Morgan fingerprint density at radius 1 is 1.30 bits per heavy atom. The van der Waals surface area contributed by atoms with Gasteiger partial charge >= 0.3 is 0 Å². The fourth-order valence-electron chi connectivity index (χ4n) is 2.15. The van der Waals surface area contributed by atoms with Gasteiger partial charge in [0.1, 0.15) is 10.5 Å². The Kier molecular flexibility index (Phi) is 3.62. The van der Waals surface area contributed by atoms with Crippen LogP contribution in [0.1, 0.15) is 17.0 Å². The number of rotatable bonds is 4. The number of nitrogens with zero attached hydrogens (tertiary/aromatic N) is 1. The van der Waals surface area contributed by atoms with Crippen LogP contribution in [0, 0.1) is 6.92 Å². The lowest BCUT2D eigenvalue weighted by Gasteiger charge is -2.05. The van der Waals surface area contributed by atoms with Gasteiger partial charge < -0.3 is 10.3 Å². The highest BCUT2D eigenvalue weighted by Crippen LogP contribution is 2.13. The summed E-state index contributed by atoms with van der Waals surface area (Å²) in [4.78, 5) is 19.1. The van der Waals surface area contributed by atoms with E-state index in [9.17, 15) is 4.79 Å². The lowest BCUT2D eigenvalue weighted by atomic mass is 10.1. The largest absolute Gasteiger partial charge is 0.308 e. The molecule has 0 aliphatic carbocycles. The maximum atomic E-state index is 11.8. The second kappa shape index (κ2) is 5.56. The highest BCUT2D eigenvalue weighted by atomic mass is 32.1. The Morgan fingerprint density at radius 2 is 2.20 bits per heavy atom. The highest BCUT2D eigenvalue weighted by molar-refractivity contribution is 7.17. The molecule has 0 aliphatic rings. The Hall–Kier alpha value is -1.98. The van der Waals surface area contributed by atoms with Crippen LogP contribution in [-0.2, 0) is 13.1 Å². The van der Waals surface area contributed by atoms with Gasteiger partial charge in [-0.1, -0.05) is 29.8 Å².